The monoisotopic (exact) mass is 378 g/mol. The van der Waals surface area contributed by atoms with Gasteiger partial charge in [-0.15, -0.1) is 0 Å². The fourth-order valence-electron chi connectivity index (χ4n) is 3.23. The van der Waals surface area contributed by atoms with E-state index in [0.717, 1.165) is 30.3 Å². The maximum absolute atomic E-state index is 12.1. The molecule has 0 radical (unpaired) electrons. The van der Waals surface area contributed by atoms with Crippen molar-refractivity contribution < 1.29 is 14.3 Å². The molecule has 0 bridgehead atoms. The summed E-state index contributed by atoms with van der Waals surface area (Å²) in [6.45, 7) is 4.48. The highest BCUT2D eigenvalue weighted by atomic mass is 16.5. The van der Waals surface area contributed by atoms with E-state index >= 15 is 0 Å². The van der Waals surface area contributed by atoms with Crippen LogP contribution in [0.25, 0.3) is 6.08 Å². The number of nitrogens with zero attached hydrogens (tertiary/aromatic N) is 1. The highest BCUT2D eigenvalue weighted by Crippen LogP contribution is 2.24. The Labute approximate surface area is 166 Å². The minimum absolute atomic E-state index is 0.198. The maximum Gasteiger partial charge on any atom is 0.337 e. The smallest absolute Gasteiger partial charge is 0.337 e. The number of amides is 1. The largest absolute Gasteiger partial charge is 0.465 e. The normalized spacial score (nSPS) is 14.9. The van der Waals surface area contributed by atoms with Crippen molar-refractivity contribution >= 4 is 29.3 Å². The number of carbonyl (C=O) groups is 2. The molecule has 1 aliphatic heterocycles. The van der Waals surface area contributed by atoms with Gasteiger partial charge < -0.3 is 15.0 Å². The topological polar surface area (TPSA) is 58.6 Å². The molecule has 0 aliphatic carbocycles. The van der Waals surface area contributed by atoms with Gasteiger partial charge in [0.1, 0.15) is 0 Å². The van der Waals surface area contributed by atoms with Crippen molar-refractivity contribution in [2.45, 2.75) is 19.8 Å². The van der Waals surface area contributed by atoms with Gasteiger partial charge in [-0.25, -0.2) is 4.79 Å². The van der Waals surface area contributed by atoms with Crippen LogP contribution in [0.3, 0.4) is 0 Å². The number of nitrogens with one attached hydrogen (secondary N) is 1. The Kier molecular flexibility index (Phi) is 6.48. The zero-order valence-electron chi connectivity index (χ0n) is 16.4. The molecule has 1 fully saturated rings. The van der Waals surface area contributed by atoms with Crippen LogP contribution in [-0.2, 0) is 9.53 Å². The Balaban J connectivity index is 1.54. The molecule has 0 saturated carbocycles. The molecule has 3 rings (SSSR count). The molecule has 0 unspecified atom stereocenters. The van der Waals surface area contributed by atoms with Gasteiger partial charge in [0.05, 0.1) is 12.7 Å². The standard InChI is InChI=1S/C23H26N2O3/c1-17-13-15-25(16-14-17)21-10-8-20(9-11-21)24-22(26)12-5-18-3-6-19(7-4-18)23(27)28-2/h3-12,17H,13-16H2,1-2H3,(H,24,26)/b12-5+. The van der Waals surface area contributed by atoms with E-state index < -0.39 is 0 Å². The molecule has 5 nitrogen and oxygen atoms in total. The molecule has 1 N–H and O–H groups in total. The van der Waals surface area contributed by atoms with E-state index in [1.165, 1.54) is 31.7 Å². The first-order valence-corrected chi connectivity index (χ1v) is 9.57. The Hall–Kier alpha value is -3.08. The maximum atomic E-state index is 12.1. The molecule has 1 heterocycles. The molecule has 1 amide bonds. The van der Waals surface area contributed by atoms with Crippen molar-refractivity contribution in [1.29, 1.82) is 0 Å². The number of ether oxygens (including phenoxy) is 1. The number of esters is 1. The summed E-state index contributed by atoms with van der Waals surface area (Å²) >= 11 is 0. The predicted octanol–water partition coefficient (Wildman–Crippen LogP) is 4.36. The van der Waals surface area contributed by atoms with Crippen LogP contribution in [0.2, 0.25) is 0 Å². The van der Waals surface area contributed by atoms with E-state index in [2.05, 4.69) is 34.0 Å². The van der Waals surface area contributed by atoms with E-state index in [4.69, 9.17) is 0 Å². The number of hydrogen-bond donors (Lipinski definition) is 1. The van der Waals surface area contributed by atoms with Crippen molar-refractivity contribution in [2.75, 3.05) is 30.4 Å². The first-order chi connectivity index (χ1) is 13.5. The summed E-state index contributed by atoms with van der Waals surface area (Å²) in [6, 6.07) is 14.9. The number of benzene rings is 2. The van der Waals surface area contributed by atoms with Gasteiger partial charge in [0, 0.05) is 30.5 Å². The van der Waals surface area contributed by atoms with E-state index in [0.29, 0.717) is 5.56 Å². The molecule has 2 aromatic carbocycles. The summed E-state index contributed by atoms with van der Waals surface area (Å²) in [6.07, 6.45) is 5.64. The van der Waals surface area contributed by atoms with E-state index in [1.807, 2.05) is 12.1 Å². The summed E-state index contributed by atoms with van der Waals surface area (Å²) < 4.78 is 4.67. The van der Waals surface area contributed by atoms with Gasteiger partial charge in [-0.3, -0.25) is 4.79 Å². The summed E-state index contributed by atoms with van der Waals surface area (Å²) in [5.74, 6) is 0.227. The molecular formula is C23H26N2O3. The lowest BCUT2D eigenvalue weighted by molar-refractivity contribution is -0.111. The number of hydrogen-bond acceptors (Lipinski definition) is 4. The van der Waals surface area contributed by atoms with Crippen LogP contribution in [-0.4, -0.2) is 32.1 Å². The van der Waals surface area contributed by atoms with E-state index in [1.54, 1.807) is 30.3 Å². The number of anilines is 2. The molecule has 0 aromatic heterocycles. The molecule has 0 atom stereocenters. The molecule has 1 aliphatic rings. The van der Waals surface area contributed by atoms with Gasteiger partial charge in [-0.05, 0) is 66.8 Å². The lowest BCUT2D eigenvalue weighted by atomic mass is 9.99. The Morgan fingerprint density at radius 3 is 2.29 bits per heavy atom. The third-order valence-electron chi connectivity index (χ3n) is 5.04. The summed E-state index contributed by atoms with van der Waals surface area (Å²) in [5, 5.41) is 2.87. The van der Waals surface area contributed by atoms with Gasteiger partial charge in [-0.1, -0.05) is 19.1 Å². The molecule has 0 spiro atoms. The van der Waals surface area contributed by atoms with Crippen LogP contribution in [0.5, 0.6) is 0 Å². The van der Waals surface area contributed by atoms with Crippen molar-refractivity contribution in [3.63, 3.8) is 0 Å². The summed E-state index contributed by atoms with van der Waals surface area (Å²) in [7, 11) is 1.35. The Bertz CT molecular complexity index is 833. The SMILES string of the molecule is COC(=O)c1ccc(/C=C/C(=O)Nc2ccc(N3CCC(C)CC3)cc2)cc1. The summed E-state index contributed by atoms with van der Waals surface area (Å²) in [4.78, 5) is 26.0. The van der Waals surface area contributed by atoms with Crippen molar-refractivity contribution in [1.82, 2.24) is 0 Å². The molecule has 28 heavy (non-hydrogen) atoms. The molecule has 5 heteroatoms. The average Bonchev–Trinajstić information content (AvgIpc) is 2.73. The van der Waals surface area contributed by atoms with Gasteiger partial charge >= 0.3 is 5.97 Å². The lowest BCUT2D eigenvalue weighted by Gasteiger charge is -2.32. The zero-order chi connectivity index (χ0) is 19.9. The first-order valence-electron chi connectivity index (χ1n) is 9.57. The van der Waals surface area contributed by atoms with Crippen LogP contribution < -0.4 is 10.2 Å². The first kappa shape index (κ1) is 19.7. The van der Waals surface area contributed by atoms with Gasteiger partial charge in [-0.2, -0.15) is 0 Å². The van der Waals surface area contributed by atoms with Crippen LogP contribution in [0.4, 0.5) is 11.4 Å². The van der Waals surface area contributed by atoms with E-state index in [9.17, 15) is 9.59 Å². The van der Waals surface area contributed by atoms with Gasteiger partial charge in [0.25, 0.3) is 0 Å². The number of methoxy groups -OCH3 is 1. The second-order valence-corrected chi connectivity index (χ2v) is 7.15. The number of piperidine rings is 1. The van der Waals surface area contributed by atoms with E-state index in [-0.39, 0.29) is 11.9 Å². The minimum Gasteiger partial charge on any atom is -0.465 e. The second kappa shape index (κ2) is 9.22. The third-order valence-corrected chi connectivity index (χ3v) is 5.04. The van der Waals surface area contributed by atoms with Crippen molar-refractivity contribution in [2.24, 2.45) is 5.92 Å². The lowest BCUT2D eigenvalue weighted by Crippen LogP contribution is -2.32. The Morgan fingerprint density at radius 1 is 1.04 bits per heavy atom. The highest BCUT2D eigenvalue weighted by Gasteiger charge is 2.15. The van der Waals surface area contributed by atoms with Gasteiger partial charge in [0.2, 0.25) is 5.91 Å². The third kappa shape index (κ3) is 5.22. The summed E-state index contributed by atoms with van der Waals surface area (Å²) in [5.41, 5.74) is 3.28. The van der Waals surface area contributed by atoms with Gasteiger partial charge in [0.15, 0.2) is 0 Å². The molecule has 2 aromatic rings. The predicted molar refractivity (Wildman–Crippen MR) is 112 cm³/mol. The van der Waals surface area contributed by atoms with Crippen LogP contribution in [0.15, 0.2) is 54.6 Å². The number of carbonyl (C=O) groups excluding carboxylic acids is 2. The Morgan fingerprint density at radius 2 is 1.68 bits per heavy atom. The highest BCUT2D eigenvalue weighted by molar-refractivity contribution is 6.02. The second-order valence-electron chi connectivity index (χ2n) is 7.15. The number of rotatable bonds is 5. The van der Waals surface area contributed by atoms with Crippen LogP contribution in [0.1, 0.15) is 35.7 Å². The molecule has 146 valence electrons. The molecule has 1 saturated heterocycles. The average molecular weight is 378 g/mol. The molecular weight excluding hydrogens is 352 g/mol. The minimum atomic E-state index is -0.379. The van der Waals surface area contributed by atoms with Crippen molar-refractivity contribution in [3.05, 3.63) is 65.7 Å². The van der Waals surface area contributed by atoms with Crippen molar-refractivity contribution in [3.8, 4) is 0 Å². The van der Waals surface area contributed by atoms with Crippen LogP contribution in [0, 0.1) is 5.92 Å². The van der Waals surface area contributed by atoms with Crippen LogP contribution >= 0.6 is 0 Å². The fourth-order valence-corrected chi connectivity index (χ4v) is 3.23. The quantitative estimate of drug-likeness (QED) is 0.620. The fraction of sp³-hybridized carbons (Fsp3) is 0.304. The zero-order valence-corrected chi connectivity index (χ0v) is 16.4.